The molecule has 0 aliphatic heterocycles. The summed E-state index contributed by atoms with van der Waals surface area (Å²) in [6, 6.07) is 0. The monoisotopic (exact) mass is 449 g/mol. The smallest absolute Gasteiger partial charge is 0.309 e. The van der Waals surface area contributed by atoms with Gasteiger partial charge in [-0.25, -0.2) is 0 Å². The molecule has 10 heteroatoms. The van der Waals surface area contributed by atoms with Crippen LogP contribution in [0.5, 0.6) is 0 Å². The Kier molecular flexibility index (Phi) is 12.2. The molecule has 0 aromatic rings. The van der Waals surface area contributed by atoms with Gasteiger partial charge in [-0.05, 0) is 26.2 Å². The van der Waals surface area contributed by atoms with Crippen molar-refractivity contribution in [2.45, 2.75) is 65.5 Å². The minimum atomic E-state index is -1.15. The van der Waals surface area contributed by atoms with Crippen molar-refractivity contribution in [1.29, 1.82) is 0 Å². The van der Waals surface area contributed by atoms with Gasteiger partial charge in [-0.2, -0.15) is 0 Å². The van der Waals surface area contributed by atoms with E-state index in [0.717, 1.165) is 0 Å². The second kappa shape index (κ2) is 12.9. The highest BCUT2D eigenvalue weighted by molar-refractivity contribution is 5.71. The van der Waals surface area contributed by atoms with Gasteiger partial charge in [0.2, 0.25) is 0 Å². The molecule has 4 N–H and O–H groups in total. The van der Waals surface area contributed by atoms with Crippen LogP contribution in [-0.2, 0) is 33.3 Å². The van der Waals surface area contributed by atoms with E-state index in [0.29, 0.717) is 0 Å². The van der Waals surface area contributed by atoms with Crippen molar-refractivity contribution in [2.24, 2.45) is 17.1 Å². The summed E-state index contributed by atoms with van der Waals surface area (Å²) in [4.78, 5) is 33.9. The maximum atomic E-state index is 11.8. The lowest BCUT2D eigenvalue weighted by Gasteiger charge is -2.31. The highest BCUT2D eigenvalue weighted by atomic mass is 16.6. The van der Waals surface area contributed by atoms with Crippen LogP contribution in [0.4, 0.5) is 0 Å². The Morgan fingerprint density at radius 2 is 1.32 bits per heavy atom. The van der Waals surface area contributed by atoms with E-state index in [-0.39, 0.29) is 52.5 Å². The lowest BCUT2D eigenvalue weighted by atomic mass is 9.81. The van der Waals surface area contributed by atoms with Gasteiger partial charge in [0, 0.05) is 0 Å². The second-order valence-corrected chi connectivity index (χ2v) is 9.72. The summed E-state index contributed by atoms with van der Waals surface area (Å²) >= 11 is 0. The Morgan fingerprint density at radius 3 is 1.74 bits per heavy atom. The molecule has 0 aromatic carbocycles. The van der Waals surface area contributed by atoms with Crippen LogP contribution in [0, 0.1) is 11.3 Å². The molecule has 0 aliphatic carbocycles. The Labute approximate surface area is 184 Å². The molecule has 0 aromatic heterocycles. The number of esters is 1. The van der Waals surface area contributed by atoms with E-state index in [4.69, 9.17) is 29.8 Å². The molecule has 2 atom stereocenters. The third-order valence-electron chi connectivity index (χ3n) is 4.13. The zero-order valence-corrected chi connectivity index (χ0v) is 19.6. The average molecular weight is 450 g/mol. The van der Waals surface area contributed by atoms with E-state index in [1.807, 2.05) is 0 Å². The molecule has 0 spiro atoms. The summed E-state index contributed by atoms with van der Waals surface area (Å²) in [6.45, 7) is 10.6. The van der Waals surface area contributed by atoms with Crippen molar-refractivity contribution in [3.8, 4) is 0 Å². The molecule has 0 bridgehead atoms. The Balaban J connectivity index is 4.76. The van der Waals surface area contributed by atoms with E-state index in [2.05, 4.69) is 0 Å². The fourth-order valence-electron chi connectivity index (χ4n) is 2.46. The predicted molar refractivity (Wildman–Crippen MR) is 113 cm³/mol. The second-order valence-electron chi connectivity index (χ2n) is 9.72. The summed E-state index contributed by atoms with van der Waals surface area (Å²) in [6.07, 6.45) is -0.138. The van der Waals surface area contributed by atoms with Crippen LogP contribution in [0.25, 0.3) is 0 Å². The Hall–Kier alpha value is -1.75. The molecule has 2 unspecified atom stereocenters. The van der Waals surface area contributed by atoms with Crippen molar-refractivity contribution in [2.75, 3.05) is 39.6 Å². The van der Waals surface area contributed by atoms with E-state index >= 15 is 0 Å². The molecule has 182 valence electrons. The van der Waals surface area contributed by atoms with Crippen LogP contribution in [0.2, 0.25) is 0 Å². The van der Waals surface area contributed by atoms with Crippen LogP contribution in [-0.4, -0.2) is 78.9 Å². The number of carbonyl (C=O) groups excluding carboxylic acids is 1. The Morgan fingerprint density at radius 1 is 0.839 bits per heavy atom. The lowest BCUT2D eigenvalue weighted by molar-refractivity contribution is -0.156. The highest BCUT2D eigenvalue weighted by Crippen LogP contribution is 2.26. The number of aliphatic carboxylic acids is 2. The average Bonchev–Trinajstić information content (AvgIpc) is 2.56. The summed E-state index contributed by atoms with van der Waals surface area (Å²) in [5.74, 6) is -3.11. The summed E-state index contributed by atoms with van der Waals surface area (Å²) in [7, 11) is 0. The van der Waals surface area contributed by atoms with Gasteiger partial charge in [-0.3, -0.25) is 14.4 Å². The molecule has 0 saturated carbocycles. The van der Waals surface area contributed by atoms with Crippen LogP contribution in [0.15, 0.2) is 0 Å². The number of ether oxygens (including phenoxy) is 4. The number of carboxylic acids is 2. The van der Waals surface area contributed by atoms with Crippen LogP contribution < -0.4 is 5.73 Å². The van der Waals surface area contributed by atoms with Gasteiger partial charge in [-0.1, -0.05) is 20.8 Å². The van der Waals surface area contributed by atoms with Crippen LogP contribution in [0.3, 0.4) is 0 Å². The number of hydrogen-bond donors (Lipinski definition) is 3. The number of hydrogen-bond acceptors (Lipinski definition) is 8. The van der Waals surface area contributed by atoms with Crippen molar-refractivity contribution < 1.29 is 43.5 Å². The minimum Gasteiger partial charge on any atom is -0.481 e. The normalized spacial score (nSPS) is 15.2. The molecule has 0 rings (SSSR count). The fourth-order valence-corrected chi connectivity index (χ4v) is 2.46. The summed E-state index contributed by atoms with van der Waals surface area (Å²) < 4.78 is 21.7. The summed E-state index contributed by atoms with van der Waals surface area (Å²) in [5, 5.41) is 18.1. The highest BCUT2D eigenvalue weighted by Gasteiger charge is 2.33. The maximum Gasteiger partial charge on any atom is 0.309 e. The number of carbonyl (C=O) groups is 3. The van der Waals surface area contributed by atoms with E-state index in [1.54, 1.807) is 41.5 Å². The van der Waals surface area contributed by atoms with Crippen molar-refractivity contribution in [3.63, 3.8) is 0 Å². The van der Waals surface area contributed by atoms with Crippen LogP contribution in [0.1, 0.15) is 54.4 Å². The largest absolute Gasteiger partial charge is 0.481 e. The van der Waals surface area contributed by atoms with Gasteiger partial charge < -0.3 is 34.9 Å². The molecular formula is C21H39NO9. The van der Waals surface area contributed by atoms with Crippen molar-refractivity contribution in [3.05, 3.63) is 0 Å². The fraction of sp³-hybridized carbons (Fsp3) is 0.857. The van der Waals surface area contributed by atoms with Gasteiger partial charge in [0.25, 0.3) is 0 Å². The molecule has 0 fully saturated rings. The zero-order valence-electron chi connectivity index (χ0n) is 19.6. The van der Waals surface area contributed by atoms with E-state index in [9.17, 15) is 19.5 Å². The number of rotatable bonds is 15. The van der Waals surface area contributed by atoms with Gasteiger partial charge in [-0.15, -0.1) is 0 Å². The predicted octanol–water partition coefficient (Wildman–Crippen LogP) is 1.69. The van der Waals surface area contributed by atoms with Crippen molar-refractivity contribution >= 4 is 17.9 Å². The molecule has 0 heterocycles. The molecule has 10 nitrogen and oxygen atoms in total. The molecule has 31 heavy (non-hydrogen) atoms. The first-order valence-corrected chi connectivity index (χ1v) is 10.2. The first kappa shape index (κ1) is 29.2. The first-order valence-electron chi connectivity index (χ1n) is 10.2. The SMILES string of the molecule is CC(C)(C)OC(=O)CCOCC(N)(COCCC(=O)O)COCC(C(=O)O)C(C)(C)C. The number of nitrogens with two attached hydrogens (primary N) is 1. The lowest BCUT2D eigenvalue weighted by Crippen LogP contribution is -2.53. The number of carboxylic acid groups (broad SMARTS) is 2. The topological polar surface area (TPSA) is 155 Å². The quantitative estimate of drug-likeness (QED) is 0.248. The first-order chi connectivity index (χ1) is 14.1. The molecule has 0 amide bonds. The third kappa shape index (κ3) is 14.8. The van der Waals surface area contributed by atoms with Crippen LogP contribution >= 0.6 is 0 Å². The van der Waals surface area contributed by atoms with Gasteiger partial charge in [0.05, 0.1) is 63.9 Å². The minimum absolute atomic E-state index is 0.0316. The zero-order chi connectivity index (χ0) is 24.3. The van der Waals surface area contributed by atoms with Crippen molar-refractivity contribution in [1.82, 2.24) is 0 Å². The third-order valence-corrected chi connectivity index (χ3v) is 4.13. The van der Waals surface area contributed by atoms with Gasteiger partial charge in [0.15, 0.2) is 0 Å². The molecular weight excluding hydrogens is 410 g/mol. The summed E-state index contributed by atoms with van der Waals surface area (Å²) in [5.41, 5.74) is 4.08. The molecule has 0 aliphatic rings. The molecule has 0 saturated heterocycles. The van der Waals surface area contributed by atoms with Gasteiger partial charge >= 0.3 is 17.9 Å². The standard InChI is InChI=1S/C21H39NO9/c1-19(2,3)15(18(26)27)11-30-14-21(22,12-28-9-7-16(23)24)13-29-10-8-17(25)31-20(4,5)6/h15H,7-14,22H2,1-6H3,(H,23,24)(H,26,27). The van der Waals surface area contributed by atoms with E-state index < -0.39 is 40.4 Å². The van der Waals surface area contributed by atoms with E-state index in [1.165, 1.54) is 0 Å². The Bertz CT molecular complexity index is 580. The molecule has 0 radical (unpaired) electrons. The maximum absolute atomic E-state index is 11.8. The van der Waals surface area contributed by atoms with Gasteiger partial charge in [0.1, 0.15) is 5.60 Å².